The van der Waals surface area contributed by atoms with E-state index in [1.165, 1.54) is 32.1 Å². The topological polar surface area (TPSA) is 26.3 Å². The van der Waals surface area contributed by atoms with Crippen molar-refractivity contribution in [1.29, 1.82) is 0 Å². The Morgan fingerprint density at radius 1 is 1.14 bits per heavy atom. The molecule has 0 heterocycles. The summed E-state index contributed by atoms with van der Waals surface area (Å²) in [4.78, 5) is 12.0. The molecule has 1 fully saturated rings. The molecular formula is C17H22BrClO2. The third-order valence-electron chi connectivity index (χ3n) is 4.14. The number of hydrogen-bond acceptors (Lipinski definition) is 2. The molecule has 0 bridgehead atoms. The summed E-state index contributed by atoms with van der Waals surface area (Å²) in [6, 6.07) is 6.88. The Bertz CT molecular complexity index is 439. The Kier molecular flexibility index (Phi) is 7.05. The molecule has 2 nitrogen and oxygen atoms in total. The predicted octanol–water partition coefficient (Wildman–Crippen LogP) is 5.62. The number of ether oxygens (including phenoxy) is 1. The first-order valence-corrected chi connectivity index (χ1v) is 9.21. The molecule has 0 spiro atoms. The van der Waals surface area contributed by atoms with E-state index in [1.54, 1.807) is 24.3 Å². The molecule has 0 radical (unpaired) electrons. The maximum Gasteiger partial charge on any atom is 0.338 e. The van der Waals surface area contributed by atoms with E-state index >= 15 is 0 Å². The summed E-state index contributed by atoms with van der Waals surface area (Å²) in [5.41, 5.74) is 0.582. The summed E-state index contributed by atoms with van der Waals surface area (Å²) < 4.78 is 5.60. The zero-order chi connectivity index (χ0) is 15.1. The molecule has 1 saturated carbocycles. The Balaban J connectivity index is 1.73. The van der Waals surface area contributed by atoms with Gasteiger partial charge in [0.15, 0.2) is 0 Å². The van der Waals surface area contributed by atoms with Crippen LogP contribution < -0.4 is 0 Å². The maximum absolute atomic E-state index is 12.0. The van der Waals surface area contributed by atoms with Crippen LogP contribution in [0.3, 0.4) is 0 Å². The minimum absolute atomic E-state index is 0.0839. The monoisotopic (exact) mass is 372 g/mol. The van der Waals surface area contributed by atoms with Crippen LogP contribution in [0.5, 0.6) is 0 Å². The number of esters is 1. The zero-order valence-corrected chi connectivity index (χ0v) is 14.5. The largest absolute Gasteiger partial charge is 0.459 e. The van der Waals surface area contributed by atoms with Crippen LogP contribution in [0.25, 0.3) is 0 Å². The van der Waals surface area contributed by atoms with Crippen molar-refractivity contribution in [2.45, 2.75) is 51.0 Å². The van der Waals surface area contributed by atoms with Crippen LogP contribution in [0.1, 0.15) is 55.3 Å². The van der Waals surface area contributed by atoms with Gasteiger partial charge in [-0.15, -0.1) is 0 Å². The quantitative estimate of drug-likeness (QED) is 0.367. The number of unbranched alkanes of at least 4 members (excludes halogenated alkanes) is 1. The second kappa shape index (κ2) is 8.79. The van der Waals surface area contributed by atoms with Gasteiger partial charge in [0, 0.05) is 10.4 Å². The molecule has 1 aliphatic rings. The molecule has 0 N–H and O–H groups in total. The molecule has 2 rings (SSSR count). The molecule has 0 saturated heterocycles. The van der Waals surface area contributed by atoms with E-state index in [2.05, 4.69) is 15.9 Å². The van der Waals surface area contributed by atoms with E-state index in [1.807, 2.05) is 0 Å². The molecule has 0 amide bonds. The van der Waals surface area contributed by atoms with E-state index in [-0.39, 0.29) is 12.1 Å². The van der Waals surface area contributed by atoms with Crippen LogP contribution in [0, 0.1) is 5.92 Å². The molecule has 0 aromatic heterocycles. The van der Waals surface area contributed by atoms with E-state index in [4.69, 9.17) is 16.3 Å². The highest BCUT2D eigenvalue weighted by Crippen LogP contribution is 2.30. The Morgan fingerprint density at radius 3 is 2.43 bits per heavy atom. The highest BCUT2D eigenvalue weighted by atomic mass is 79.9. The van der Waals surface area contributed by atoms with Gasteiger partial charge in [-0.3, -0.25) is 0 Å². The highest BCUT2D eigenvalue weighted by molar-refractivity contribution is 9.09. The first kappa shape index (κ1) is 16.8. The summed E-state index contributed by atoms with van der Waals surface area (Å²) in [5.74, 6) is 0.587. The molecule has 1 aliphatic carbocycles. The van der Waals surface area contributed by atoms with Crippen molar-refractivity contribution in [1.82, 2.24) is 0 Å². The van der Waals surface area contributed by atoms with Crippen molar-refractivity contribution in [3.05, 3.63) is 34.9 Å². The van der Waals surface area contributed by atoms with Crippen molar-refractivity contribution < 1.29 is 9.53 Å². The third-order valence-corrected chi connectivity index (χ3v) is 4.96. The molecule has 0 unspecified atom stereocenters. The number of hydrogen-bond donors (Lipinski definition) is 0. The lowest BCUT2D eigenvalue weighted by molar-refractivity contribution is 0.0161. The summed E-state index contributed by atoms with van der Waals surface area (Å²) >= 11 is 9.29. The van der Waals surface area contributed by atoms with Crippen LogP contribution in [0.4, 0.5) is 0 Å². The highest BCUT2D eigenvalue weighted by Gasteiger charge is 2.24. The van der Waals surface area contributed by atoms with E-state index in [0.717, 1.165) is 24.1 Å². The number of halogens is 2. The van der Waals surface area contributed by atoms with Crippen molar-refractivity contribution in [2.75, 3.05) is 5.33 Å². The summed E-state index contributed by atoms with van der Waals surface area (Å²) in [7, 11) is 0. The van der Waals surface area contributed by atoms with Crippen molar-refractivity contribution in [3.63, 3.8) is 0 Å². The standard InChI is InChI=1S/C17H22BrClO2/c18-12-2-1-3-13-4-10-16(11-5-13)21-17(20)14-6-8-15(19)9-7-14/h6-9,13,16H,1-5,10-12H2. The number of rotatable bonds is 6. The van der Waals surface area contributed by atoms with Gasteiger partial charge >= 0.3 is 5.97 Å². The lowest BCUT2D eigenvalue weighted by Crippen LogP contribution is -2.24. The van der Waals surface area contributed by atoms with Crippen molar-refractivity contribution in [3.8, 4) is 0 Å². The number of carbonyl (C=O) groups excluding carboxylic acids is 1. The lowest BCUT2D eigenvalue weighted by Gasteiger charge is -2.28. The fourth-order valence-electron chi connectivity index (χ4n) is 2.87. The smallest absolute Gasteiger partial charge is 0.338 e. The second-order valence-electron chi connectivity index (χ2n) is 5.74. The first-order chi connectivity index (χ1) is 10.2. The summed E-state index contributed by atoms with van der Waals surface area (Å²) in [6.07, 6.45) is 8.30. The lowest BCUT2D eigenvalue weighted by atomic mass is 9.84. The molecule has 0 atom stereocenters. The molecule has 1 aromatic carbocycles. The van der Waals surface area contributed by atoms with E-state index in [9.17, 15) is 4.79 Å². The minimum Gasteiger partial charge on any atom is -0.459 e. The van der Waals surface area contributed by atoms with E-state index < -0.39 is 0 Å². The molecule has 116 valence electrons. The van der Waals surface area contributed by atoms with Gasteiger partial charge < -0.3 is 4.74 Å². The van der Waals surface area contributed by atoms with Gasteiger partial charge in [0.2, 0.25) is 0 Å². The predicted molar refractivity (Wildman–Crippen MR) is 90.3 cm³/mol. The minimum atomic E-state index is -0.227. The van der Waals surface area contributed by atoms with Gasteiger partial charge in [0.25, 0.3) is 0 Å². The third kappa shape index (κ3) is 5.63. The normalized spacial score (nSPS) is 22.0. The van der Waals surface area contributed by atoms with Crippen LogP contribution in [-0.4, -0.2) is 17.4 Å². The van der Waals surface area contributed by atoms with Crippen LogP contribution >= 0.6 is 27.5 Å². The van der Waals surface area contributed by atoms with Gasteiger partial charge in [0.05, 0.1) is 5.56 Å². The fourth-order valence-corrected chi connectivity index (χ4v) is 3.39. The average molecular weight is 374 g/mol. The molecule has 0 aliphatic heterocycles. The van der Waals surface area contributed by atoms with Crippen LogP contribution in [0.2, 0.25) is 5.02 Å². The summed E-state index contributed by atoms with van der Waals surface area (Å²) in [6.45, 7) is 0. The van der Waals surface area contributed by atoms with Crippen molar-refractivity contribution in [2.24, 2.45) is 5.92 Å². The average Bonchev–Trinajstić information content (AvgIpc) is 2.50. The van der Waals surface area contributed by atoms with Gasteiger partial charge in [-0.05, 0) is 62.3 Å². The summed E-state index contributed by atoms with van der Waals surface area (Å²) in [5, 5.41) is 1.73. The number of benzene rings is 1. The number of alkyl halides is 1. The van der Waals surface area contributed by atoms with Crippen LogP contribution in [-0.2, 0) is 4.74 Å². The van der Waals surface area contributed by atoms with E-state index in [0.29, 0.717) is 10.6 Å². The Hall–Kier alpha value is -0.540. The first-order valence-electron chi connectivity index (χ1n) is 7.71. The Morgan fingerprint density at radius 2 is 1.81 bits per heavy atom. The van der Waals surface area contributed by atoms with Gasteiger partial charge in [0.1, 0.15) is 6.10 Å². The van der Waals surface area contributed by atoms with Gasteiger partial charge in [-0.2, -0.15) is 0 Å². The number of carbonyl (C=O) groups is 1. The molecule has 4 heteroatoms. The van der Waals surface area contributed by atoms with Crippen molar-refractivity contribution >= 4 is 33.5 Å². The second-order valence-corrected chi connectivity index (χ2v) is 6.97. The molecular weight excluding hydrogens is 352 g/mol. The maximum atomic E-state index is 12.0. The zero-order valence-electron chi connectivity index (χ0n) is 12.2. The van der Waals surface area contributed by atoms with Gasteiger partial charge in [-0.25, -0.2) is 4.79 Å². The molecule has 21 heavy (non-hydrogen) atoms. The fraction of sp³-hybridized carbons (Fsp3) is 0.588. The van der Waals surface area contributed by atoms with Gasteiger partial charge in [-0.1, -0.05) is 40.4 Å². The Labute approximate surface area is 140 Å². The SMILES string of the molecule is O=C(OC1CCC(CCCCBr)CC1)c1ccc(Cl)cc1. The van der Waals surface area contributed by atoms with Crippen LogP contribution in [0.15, 0.2) is 24.3 Å². The molecule has 1 aromatic rings.